The zero-order valence-corrected chi connectivity index (χ0v) is 6.26. The van der Waals surface area contributed by atoms with E-state index in [0.717, 1.165) is 0 Å². The van der Waals surface area contributed by atoms with Gasteiger partial charge in [-0.05, 0) is 0 Å². The molecule has 0 aliphatic heterocycles. The van der Waals surface area contributed by atoms with Crippen LogP contribution in [0.4, 0.5) is 0 Å². The minimum absolute atomic E-state index is 0. The molecular formula is Fe2N2O6+3. The molecule has 59 valence electrons. The summed E-state index contributed by atoms with van der Waals surface area (Å²) < 4.78 is 0. The third-order valence-corrected chi connectivity index (χ3v) is 0. The van der Waals surface area contributed by atoms with Crippen LogP contribution in [0.3, 0.4) is 0 Å². The van der Waals surface area contributed by atoms with E-state index >= 15 is 0 Å². The monoisotopic (exact) mass is 236 g/mol. The van der Waals surface area contributed by atoms with Crippen LogP contribution >= 0.6 is 0 Å². The van der Waals surface area contributed by atoms with Crippen molar-refractivity contribution in [2.24, 2.45) is 0 Å². The largest absolute Gasteiger partial charge is 3.00 e. The second kappa shape index (κ2) is 15.8. The maximum atomic E-state index is 8.25. The summed E-state index contributed by atoms with van der Waals surface area (Å²) in [6.45, 7) is 0. The van der Waals surface area contributed by atoms with E-state index < -0.39 is 10.2 Å². The molecule has 10 heavy (non-hydrogen) atoms. The molecule has 0 aliphatic rings. The Morgan fingerprint density at radius 1 is 0.800 bits per heavy atom. The molecule has 0 saturated carbocycles. The summed E-state index contributed by atoms with van der Waals surface area (Å²) in [6, 6.07) is 0. The van der Waals surface area contributed by atoms with Gasteiger partial charge in [-0.1, -0.05) is 0 Å². The van der Waals surface area contributed by atoms with Gasteiger partial charge in [-0.3, -0.25) is 0 Å². The van der Waals surface area contributed by atoms with Crippen molar-refractivity contribution in [3.8, 4) is 0 Å². The molecule has 1 radical (unpaired) electrons. The molecule has 0 bridgehead atoms. The minimum atomic E-state index is -1.75. The fraction of sp³-hybridized carbons (Fsp3) is 0. The van der Waals surface area contributed by atoms with Crippen LogP contribution in [0.15, 0.2) is 0 Å². The molecule has 0 spiro atoms. The third kappa shape index (κ3) is 980. The summed E-state index contributed by atoms with van der Waals surface area (Å²) >= 11 is 0. The van der Waals surface area contributed by atoms with Crippen LogP contribution in [0.5, 0.6) is 0 Å². The van der Waals surface area contributed by atoms with Crippen molar-refractivity contribution in [3.05, 3.63) is 30.6 Å². The van der Waals surface area contributed by atoms with Crippen LogP contribution in [0.1, 0.15) is 0 Å². The normalized spacial score (nSPS) is 4.80. The first kappa shape index (κ1) is 22.7. The Morgan fingerprint density at radius 3 is 0.800 bits per heavy atom. The summed E-state index contributed by atoms with van der Waals surface area (Å²) in [5.41, 5.74) is 0. The summed E-state index contributed by atoms with van der Waals surface area (Å²) in [5.74, 6) is 0. The second-order valence-electron chi connectivity index (χ2n) is 0.447. The van der Waals surface area contributed by atoms with Crippen molar-refractivity contribution < 1.29 is 44.3 Å². The van der Waals surface area contributed by atoms with Crippen LogP contribution in [0.25, 0.3) is 0 Å². The standard InChI is InChI=1S/2Fe.2NO3/c;;2*2-1(3)4/q+2;+3;2*-1. The van der Waals surface area contributed by atoms with Gasteiger partial charge < -0.3 is 30.6 Å². The van der Waals surface area contributed by atoms with E-state index in [2.05, 4.69) is 0 Å². The van der Waals surface area contributed by atoms with Gasteiger partial charge in [0.1, 0.15) is 0 Å². The van der Waals surface area contributed by atoms with Crippen molar-refractivity contribution in [1.29, 1.82) is 0 Å². The predicted octanol–water partition coefficient (Wildman–Crippen LogP) is -0.483. The molecule has 0 N–H and O–H groups in total. The van der Waals surface area contributed by atoms with E-state index in [1.54, 1.807) is 0 Å². The first-order valence-electron chi connectivity index (χ1n) is 1.10. The van der Waals surface area contributed by atoms with Crippen LogP contribution in [0.2, 0.25) is 0 Å². The van der Waals surface area contributed by atoms with Gasteiger partial charge in [0, 0.05) is 0 Å². The second-order valence-corrected chi connectivity index (χ2v) is 0.447. The fourth-order valence-corrected chi connectivity index (χ4v) is 0. The van der Waals surface area contributed by atoms with Gasteiger partial charge in [-0.15, -0.1) is 0 Å². The molecule has 0 aromatic heterocycles. The van der Waals surface area contributed by atoms with Crippen LogP contribution in [-0.4, -0.2) is 10.2 Å². The topological polar surface area (TPSA) is 132 Å². The Bertz CT molecular complexity index is 71.7. The molecule has 8 nitrogen and oxygen atoms in total. The molecule has 0 fully saturated rings. The average Bonchev–Trinajstić information content (AvgIpc) is 1.25. The van der Waals surface area contributed by atoms with Crippen molar-refractivity contribution in [1.82, 2.24) is 0 Å². The first-order valence-corrected chi connectivity index (χ1v) is 1.10. The fourth-order valence-electron chi connectivity index (χ4n) is 0. The van der Waals surface area contributed by atoms with Crippen molar-refractivity contribution in [3.63, 3.8) is 0 Å². The Balaban J connectivity index is -0.0000000300. The average molecular weight is 236 g/mol. The first-order chi connectivity index (χ1) is 3.46. The number of rotatable bonds is 0. The number of hydrogen-bond acceptors (Lipinski definition) is 6. The molecule has 0 aliphatic carbocycles. The molecule has 0 rings (SSSR count). The zero-order chi connectivity index (χ0) is 7.15. The number of hydrogen-bond donors (Lipinski definition) is 0. The zero-order valence-electron chi connectivity index (χ0n) is 4.05. The third-order valence-electron chi connectivity index (χ3n) is 0. The summed E-state index contributed by atoms with van der Waals surface area (Å²) in [6.07, 6.45) is 0. The molecule has 0 heterocycles. The predicted molar refractivity (Wildman–Crippen MR) is 20.7 cm³/mol. The van der Waals surface area contributed by atoms with Gasteiger partial charge in [0.05, 0.1) is 10.2 Å². The van der Waals surface area contributed by atoms with Gasteiger partial charge >= 0.3 is 34.1 Å². The van der Waals surface area contributed by atoms with E-state index in [1.807, 2.05) is 0 Å². The minimum Gasteiger partial charge on any atom is -0.356 e. The van der Waals surface area contributed by atoms with Crippen LogP contribution in [0, 0.1) is 30.6 Å². The Hall–Kier alpha value is -0.561. The molecular weight excluding hydrogens is 236 g/mol. The Labute approximate surface area is 75.4 Å². The van der Waals surface area contributed by atoms with Crippen LogP contribution in [-0.2, 0) is 34.1 Å². The molecule has 0 aromatic rings. The molecule has 10 heteroatoms. The molecule has 0 amide bonds. The van der Waals surface area contributed by atoms with Crippen molar-refractivity contribution >= 4 is 0 Å². The van der Waals surface area contributed by atoms with Crippen molar-refractivity contribution in [2.75, 3.05) is 0 Å². The van der Waals surface area contributed by atoms with Crippen LogP contribution < -0.4 is 0 Å². The van der Waals surface area contributed by atoms with E-state index in [-0.39, 0.29) is 34.1 Å². The maximum Gasteiger partial charge on any atom is 3.00 e. The molecule has 0 atom stereocenters. The van der Waals surface area contributed by atoms with Gasteiger partial charge in [-0.2, -0.15) is 0 Å². The quantitative estimate of drug-likeness (QED) is 0.316. The maximum absolute atomic E-state index is 8.25. The summed E-state index contributed by atoms with van der Waals surface area (Å²) in [4.78, 5) is 16.5. The van der Waals surface area contributed by atoms with Gasteiger partial charge in [0.25, 0.3) is 0 Å². The van der Waals surface area contributed by atoms with Gasteiger partial charge in [0.2, 0.25) is 0 Å². The van der Waals surface area contributed by atoms with Gasteiger partial charge in [0.15, 0.2) is 0 Å². The Kier molecular flexibility index (Phi) is 35.9. The summed E-state index contributed by atoms with van der Waals surface area (Å²) in [7, 11) is 0. The molecule has 0 aromatic carbocycles. The van der Waals surface area contributed by atoms with Gasteiger partial charge in [-0.25, -0.2) is 0 Å². The van der Waals surface area contributed by atoms with E-state index in [1.165, 1.54) is 0 Å². The van der Waals surface area contributed by atoms with E-state index in [9.17, 15) is 0 Å². The summed E-state index contributed by atoms with van der Waals surface area (Å²) in [5, 5.41) is 29.5. The molecule has 0 saturated heterocycles. The molecule has 0 unspecified atom stereocenters. The van der Waals surface area contributed by atoms with E-state index in [0.29, 0.717) is 0 Å². The SMILES string of the molecule is O=[N+]([O-])[O-].O=[N+]([O-])[O-].[Fe+2].[Fe+3]. The van der Waals surface area contributed by atoms with E-state index in [4.69, 9.17) is 30.6 Å². The Morgan fingerprint density at radius 2 is 0.800 bits per heavy atom. The number of nitrogens with zero attached hydrogens (tertiary/aromatic N) is 2. The smallest absolute Gasteiger partial charge is 0.356 e. The van der Waals surface area contributed by atoms with Crippen molar-refractivity contribution in [2.45, 2.75) is 0 Å².